The summed E-state index contributed by atoms with van der Waals surface area (Å²) in [7, 11) is 0. The lowest BCUT2D eigenvalue weighted by Crippen LogP contribution is -2.38. The maximum Gasteiger partial charge on any atom is 0.119 e. The number of ether oxygens (including phenoxy) is 1. The van der Waals surface area contributed by atoms with Crippen molar-refractivity contribution in [3.8, 4) is 5.75 Å². The SMILES string of the molecule is C[C@@H](CO)N(CCO)CCCc1ccc(COc2ccccc2)cc1. The molecule has 0 unspecified atom stereocenters. The minimum atomic E-state index is 0.0876. The molecule has 2 rings (SSSR count). The molecule has 4 nitrogen and oxygen atoms in total. The molecular weight excluding hydrogens is 314 g/mol. The van der Waals surface area contributed by atoms with Crippen LogP contribution in [0.4, 0.5) is 0 Å². The Morgan fingerprint density at radius 2 is 1.60 bits per heavy atom. The van der Waals surface area contributed by atoms with Crippen LogP contribution in [-0.4, -0.2) is 47.5 Å². The van der Waals surface area contributed by atoms with Gasteiger partial charge in [0, 0.05) is 12.6 Å². The van der Waals surface area contributed by atoms with Gasteiger partial charge in [0.15, 0.2) is 0 Å². The summed E-state index contributed by atoms with van der Waals surface area (Å²) in [5, 5.41) is 18.4. The molecule has 2 N–H and O–H groups in total. The summed E-state index contributed by atoms with van der Waals surface area (Å²) >= 11 is 0. The number of hydrogen-bond acceptors (Lipinski definition) is 4. The van der Waals surface area contributed by atoms with Crippen molar-refractivity contribution in [2.45, 2.75) is 32.4 Å². The second kappa shape index (κ2) is 10.9. The molecule has 0 aromatic heterocycles. The van der Waals surface area contributed by atoms with Gasteiger partial charge in [-0.1, -0.05) is 42.5 Å². The average molecular weight is 343 g/mol. The molecule has 0 aliphatic rings. The van der Waals surface area contributed by atoms with E-state index in [1.807, 2.05) is 37.3 Å². The summed E-state index contributed by atoms with van der Waals surface area (Å²) in [6.45, 7) is 4.29. The first-order valence-electron chi connectivity index (χ1n) is 8.94. The summed E-state index contributed by atoms with van der Waals surface area (Å²) in [5.41, 5.74) is 2.45. The van der Waals surface area contributed by atoms with E-state index in [2.05, 4.69) is 29.2 Å². The van der Waals surface area contributed by atoms with Gasteiger partial charge in [-0.3, -0.25) is 4.90 Å². The van der Waals surface area contributed by atoms with E-state index in [0.29, 0.717) is 13.2 Å². The molecule has 0 bridgehead atoms. The quantitative estimate of drug-likeness (QED) is 0.659. The van der Waals surface area contributed by atoms with Crippen LogP contribution in [-0.2, 0) is 13.0 Å². The summed E-state index contributed by atoms with van der Waals surface area (Å²) < 4.78 is 5.76. The Kier molecular flexibility index (Phi) is 8.46. The van der Waals surface area contributed by atoms with Crippen LogP contribution in [0.1, 0.15) is 24.5 Å². The Hall–Kier alpha value is -1.88. The van der Waals surface area contributed by atoms with E-state index in [4.69, 9.17) is 9.84 Å². The Morgan fingerprint density at radius 1 is 0.920 bits per heavy atom. The lowest BCUT2D eigenvalue weighted by Gasteiger charge is -2.26. The number of benzene rings is 2. The van der Waals surface area contributed by atoms with Crippen LogP contribution in [0.5, 0.6) is 5.75 Å². The van der Waals surface area contributed by atoms with Crippen LogP contribution in [0, 0.1) is 0 Å². The molecule has 0 saturated carbocycles. The third kappa shape index (κ3) is 6.86. The molecule has 0 heterocycles. The van der Waals surface area contributed by atoms with Gasteiger partial charge in [-0.05, 0) is 49.6 Å². The topological polar surface area (TPSA) is 52.9 Å². The van der Waals surface area contributed by atoms with Crippen LogP contribution in [0.2, 0.25) is 0 Å². The Balaban J connectivity index is 1.76. The van der Waals surface area contributed by atoms with Gasteiger partial charge >= 0.3 is 0 Å². The first-order valence-corrected chi connectivity index (χ1v) is 8.94. The van der Waals surface area contributed by atoms with E-state index in [-0.39, 0.29) is 19.3 Å². The predicted molar refractivity (Wildman–Crippen MR) is 101 cm³/mol. The molecular formula is C21H29NO3. The number of hydrogen-bond donors (Lipinski definition) is 2. The van der Waals surface area contributed by atoms with Crippen LogP contribution in [0.3, 0.4) is 0 Å². The molecule has 0 amide bonds. The normalized spacial score (nSPS) is 12.3. The molecule has 136 valence electrons. The highest BCUT2D eigenvalue weighted by molar-refractivity contribution is 5.24. The second-order valence-corrected chi connectivity index (χ2v) is 6.31. The lowest BCUT2D eigenvalue weighted by molar-refractivity contribution is 0.110. The van der Waals surface area contributed by atoms with Crippen molar-refractivity contribution in [1.29, 1.82) is 0 Å². The van der Waals surface area contributed by atoms with Crippen LogP contribution >= 0.6 is 0 Å². The number of aliphatic hydroxyl groups is 2. The molecule has 0 saturated heterocycles. The number of nitrogens with zero attached hydrogens (tertiary/aromatic N) is 1. The molecule has 0 fully saturated rings. The highest BCUT2D eigenvalue weighted by Gasteiger charge is 2.11. The summed E-state index contributed by atoms with van der Waals surface area (Å²) in [5.74, 6) is 0.883. The maximum atomic E-state index is 9.28. The molecule has 1 atom stereocenters. The van der Waals surface area contributed by atoms with Gasteiger partial charge in [0.05, 0.1) is 13.2 Å². The number of aryl methyl sites for hydroxylation is 1. The van der Waals surface area contributed by atoms with E-state index < -0.39 is 0 Å². The molecule has 0 radical (unpaired) electrons. The average Bonchev–Trinajstić information content (AvgIpc) is 2.67. The zero-order chi connectivity index (χ0) is 17.9. The molecule has 0 spiro atoms. The number of para-hydroxylation sites is 1. The van der Waals surface area contributed by atoms with Crippen LogP contribution in [0.15, 0.2) is 54.6 Å². The standard InChI is InChI=1S/C21H29NO3/c1-18(16-24)22(14-15-23)13-5-6-19-9-11-20(12-10-19)17-25-21-7-3-2-4-8-21/h2-4,7-12,18,23-24H,5-6,13-17H2,1H3/t18-/m0/s1. The predicted octanol–water partition coefficient (Wildman–Crippen LogP) is 2.87. The third-order valence-electron chi connectivity index (χ3n) is 4.36. The summed E-state index contributed by atoms with van der Waals surface area (Å²) in [6, 6.07) is 18.4. The van der Waals surface area contributed by atoms with Crippen molar-refractivity contribution in [3.05, 3.63) is 65.7 Å². The van der Waals surface area contributed by atoms with Crippen molar-refractivity contribution < 1.29 is 14.9 Å². The van der Waals surface area contributed by atoms with E-state index in [1.165, 1.54) is 5.56 Å². The van der Waals surface area contributed by atoms with E-state index in [0.717, 1.165) is 30.7 Å². The minimum Gasteiger partial charge on any atom is -0.489 e. The molecule has 0 aliphatic carbocycles. The molecule has 4 heteroatoms. The van der Waals surface area contributed by atoms with Crippen molar-refractivity contribution in [3.63, 3.8) is 0 Å². The highest BCUT2D eigenvalue weighted by Crippen LogP contribution is 2.13. The first kappa shape index (κ1) is 19.4. The molecule has 2 aromatic carbocycles. The van der Waals surface area contributed by atoms with Crippen molar-refractivity contribution in [1.82, 2.24) is 4.90 Å². The van der Waals surface area contributed by atoms with Gasteiger partial charge in [-0.25, -0.2) is 0 Å². The Morgan fingerprint density at radius 3 is 2.24 bits per heavy atom. The number of aliphatic hydroxyl groups excluding tert-OH is 2. The largest absolute Gasteiger partial charge is 0.489 e. The zero-order valence-electron chi connectivity index (χ0n) is 15.0. The molecule has 0 aliphatic heterocycles. The first-order chi connectivity index (χ1) is 12.2. The Bertz CT molecular complexity index is 586. The molecule has 25 heavy (non-hydrogen) atoms. The van der Waals surface area contributed by atoms with E-state index in [1.54, 1.807) is 0 Å². The van der Waals surface area contributed by atoms with Gasteiger partial charge in [0.1, 0.15) is 12.4 Å². The van der Waals surface area contributed by atoms with Crippen molar-refractivity contribution in [2.24, 2.45) is 0 Å². The van der Waals surface area contributed by atoms with Gasteiger partial charge in [-0.15, -0.1) is 0 Å². The van der Waals surface area contributed by atoms with Crippen molar-refractivity contribution in [2.75, 3.05) is 26.3 Å². The number of rotatable bonds is 11. The van der Waals surface area contributed by atoms with Gasteiger partial charge < -0.3 is 14.9 Å². The van der Waals surface area contributed by atoms with Crippen LogP contribution < -0.4 is 4.74 Å². The zero-order valence-corrected chi connectivity index (χ0v) is 15.0. The van der Waals surface area contributed by atoms with Gasteiger partial charge in [-0.2, -0.15) is 0 Å². The van der Waals surface area contributed by atoms with E-state index in [9.17, 15) is 5.11 Å². The highest BCUT2D eigenvalue weighted by atomic mass is 16.5. The van der Waals surface area contributed by atoms with Gasteiger partial charge in [0.2, 0.25) is 0 Å². The summed E-state index contributed by atoms with van der Waals surface area (Å²) in [6.07, 6.45) is 1.99. The minimum absolute atomic E-state index is 0.0876. The fourth-order valence-corrected chi connectivity index (χ4v) is 2.77. The van der Waals surface area contributed by atoms with E-state index >= 15 is 0 Å². The van der Waals surface area contributed by atoms with Crippen molar-refractivity contribution >= 4 is 0 Å². The fourth-order valence-electron chi connectivity index (χ4n) is 2.77. The Labute approximate surface area is 150 Å². The third-order valence-corrected chi connectivity index (χ3v) is 4.36. The maximum absolute atomic E-state index is 9.28. The second-order valence-electron chi connectivity index (χ2n) is 6.31. The van der Waals surface area contributed by atoms with Gasteiger partial charge in [0.25, 0.3) is 0 Å². The smallest absolute Gasteiger partial charge is 0.119 e. The summed E-state index contributed by atoms with van der Waals surface area (Å²) in [4.78, 5) is 2.13. The van der Waals surface area contributed by atoms with Crippen LogP contribution in [0.25, 0.3) is 0 Å². The monoisotopic (exact) mass is 343 g/mol. The fraction of sp³-hybridized carbons (Fsp3) is 0.429. The molecule has 2 aromatic rings. The lowest BCUT2D eigenvalue weighted by atomic mass is 10.1.